The van der Waals surface area contributed by atoms with Gasteiger partial charge in [0.15, 0.2) is 0 Å². The normalized spacial score (nSPS) is 15.8. The van der Waals surface area contributed by atoms with E-state index in [4.69, 9.17) is 0 Å². The van der Waals surface area contributed by atoms with Crippen molar-refractivity contribution in [2.24, 2.45) is 0 Å². The number of nitrogens with one attached hydrogen (secondary N) is 2. The van der Waals surface area contributed by atoms with Crippen LogP contribution in [-0.4, -0.2) is 31.7 Å². The predicted molar refractivity (Wildman–Crippen MR) is 61.1 cm³/mol. The van der Waals surface area contributed by atoms with Crippen molar-refractivity contribution >= 4 is 18.3 Å². The summed E-state index contributed by atoms with van der Waals surface area (Å²) < 4.78 is 35.4. The summed E-state index contributed by atoms with van der Waals surface area (Å²) in [7, 11) is 0. The van der Waals surface area contributed by atoms with Crippen molar-refractivity contribution in [1.29, 1.82) is 0 Å². The first kappa shape index (κ1) is 16.2. The van der Waals surface area contributed by atoms with Gasteiger partial charge < -0.3 is 10.6 Å². The lowest BCUT2D eigenvalue weighted by Gasteiger charge is -2.14. The first-order valence-corrected chi connectivity index (χ1v) is 5.19. The second-order valence-electron chi connectivity index (χ2n) is 3.71. The zero-order chi connectivity index (χ0) is 12.0. The molecule has 1 amide bonds. The summed E-state index contributed by atoms with van der Waals surface area (Å²) in [6.07, 6.45) is -3.02. The van der Waals surface area contributed by atoms with Crippen molar-refractivity contribution < 1.29 is 18.0 Å². The van der Waals surface area contributed by atoms with Crippen LogP contribution in [0.2, 0.25) is 0 Å². The number of halogens is 4. The maximum Gasteiger partial charge on any atom is 0.389 e. The average molecular weight is 273 g/mol. The van der Waals surface area contributed by atoms with Crippen LogP contribution >= 0.6 is 12.4 Å². The van der Waals surface area contributed by atoms with Gasteiger partial charge in [0.05, 0.1) is 6.42 Å². The van der Waals surface area contributed by atoms with E-state index < -0.39 is 24.9 Å². The fourth-order valence-electron chi connectivity index (χ4n) is 1.39. The van der Waals surface area contributed by atoms with Gasteiger partial charge in [-0.15, -0.1) is 12.4 Å². The monoisotopic (exact) mass is 272 g/mol. The Bertz CT molecular complexity index is 279. The van der Waals surface area contributed by atoms with E-state index in [0.29, 0.717) is 6.54 Å². The van der Waals surface area contributed by atoms with Gasteiger partial charge in [-0.25, -0.2) is 0 Å². The van der Waals surface area contributed by atoms with E-state index in [1.807, 2.05) is 6.08 Å². The second kappa shape index (κ2) is 7.55. The van der Waals surface area contributed by atoms with Crippen molar-refractivity contribution in [2.45, 2.75) is 25.4 Å². The highest BCUT2D eigenvalue weighted by Gasteiger charge is 2.27. The highest BCUT2D eigenvalue weighted by atomic mass is 35.5. The van der Waals surface area contributed by atoms with Gasteiger partial charge in [0.1, 0.15) is 0 Å². The van der Waals surface area contributed by atoms with E-state index in [9.17, 15) is 18.0 Å². The molecule has 0 aromatic rings. The van der Waals surface area contributed by atoms with Crippen molar-refractivity contribution in [3.63, 3.8) is 0 Å². The topological polar surface area (TPSA) is 41.1 Å². The van der Waals surface area contributed by atoms with Crippen LogP contribution in [0.1, 0.15) is 19.3 Å². The molecule has 17 heavy (non-hydrogen) atoms. The molecule has 0 aromatic carbocycles. The van der Waals surface area contributed by atoms with Gasteiger partial charge in [-0.2, -0.15) is 13.2 Å². The maximum atomic E-state index is 11.8. The van der Waals surface area contributed by atoms with Crippen LogP contribution in [0.4, 0.5) is 13.2 Å². The Morgan fingerprint density at radius 1 is 1.47 bits per heavy atom. The molecule has 7 heteroatoms. The van der Waals surface area contributed by atoms with Crippen LogP contribution in [0.3, 0.4) is 0 Å². The Hall–Kier alpha value is -0.750. The van der Waals surface area contributed by atoms with E-state index >= 15 is 0 Å². The van der Waals surface area contributed by atoms with Gasteiger partial charge in [-0.1, -0.05) is 11.6 Å². The molecule has 3 nitrogen and oxygen atoms in total. The molecule has 1 heterocycles. The summed E-state index contributed by atoms with van der Waals surface area (Å²) in [5, 5.41) is 5.60. The quantitative estimate of drug-likeness (QED) is 0.766. The molecule has 0 atom stereocenters. The molecular formula is C10H16ClF3N2O. The Labute approximate surface area is 104 Å². The molecular weight excluding hydrogens is 257 g/mol. The molecule has 0 bridgehead atoms. The molecule has 1 rings (SSSR count). The molecule has 0 aliphatic carbocycles. The minimum atomic E-state index is -4.26. The minimum Gasteiger partial charge on any atom is -0.352 e. The van der Waals surface area contributed by atoms with Crippen LogP contribution < -0.4 is 10.6 Å². The molecule has 0 aromatic heterocycles. The van der Waals surface area contributed by atoms with Crippen LogP contribution in [0.25, 0.3) is 0 Å². The Balaban J connectivity index is 0.00000256. The van der Waals surface area contributed by atoms with E-state index in [0.717, 1.165) is 25.1 Å². The molecule has 0 saturated heterocycles. The van der Waals surface area contributed by atoms with E-state index in [1.54, 1.807) is 0 Å². The number of hydrogen-bond acceptors (Lipinski definition) is 2. The number of carbonyl (C=O) groups excluding carboxylic acids is 1. The van der Waals surface area contributed by atoms with E-state index in [1.165, 1.54) is 0 Å². The minimum absolute atomic E-state index is 0. The number of carbonyl (C=O) groups is 1. The first-order valence-electron chi connectivity index (χ1n) is 5.19. The lowest BCUT2D eigenvalue weighted by molar-refractivity contribution is -0.144. The third kappa shape index (κ3) is 8.04. The summed E-state index contributed by atoms with van der Waals surface area (Å²) in [5.41, 5.74) is 1.07. The smallest absolute Gasteiger partial charge is 0.352 e. The molecule has 0 saturated carbocycles. The second-order valence-corrected chi connectivity index (χ2v) is 3.71. The van der Waals surface area contributed by atoms with E-state index in [-0.39, 0.29) is 12.4 Å². The molecule has 0 unspecified atom stereocenters. The Morgan fingerprint density at radius 2 is 2.18 bits per heavy atom. The number of hydrogen-bond donors (Lipinski definition) is 2. The van der Waals surface area contributed by atoms with Gasteiger partial charge >= 0.3 is 6.18 Å². The molecule has 1 aliphatic heterocycles. The standard InChI is InChI=1S/C10H15F3N2O.ClH/c11-10(12,13)4-1-9(16)15-7-8-2-5-14-6-3-8;/h2,14H,1,3-7H2,(H,15,16);1H. The fourth-order valence-corrected chi connectivity index (χ4v) is 1.39. The third-order valence-corrected chi connectivity index (χ3v) is 2.31. The Kier molecular flexibility index (Phi) is 7.22. The number of amides is 1. The molecule has 0 radical (unpaired) electrons. The molecule has 1 aliphatic rings. The summed E-state index contributed by atoms with van der Waals surface area (Å²) in [6.45, 7) is 1.97. The largest absolute Gasteiger partial charge is 0.389 e. The molecule has 2 N–H and O–H groups in total. The zero-order valence-electron chi connectivity index (χ0n) is 9.27. The van der Waals surface area contributed by atoms with Gasteiger partial charge in [-0.05, 0) is 13.0 Å². The van der Waals surface area contributed by atoms with Gasteiger partial charge in [0.2, 0.25) is 5.91 Å². The summed E-state index contributed by atoms with van der Waals surface area (Å²) in [5.74, 6) is -0.545. The molecule has 0 fully saturated rings. The fraction of sp³-hybridized carbons (Fsp3) is 0.700. The first-order chi connectivity index (χ1) is 7.47. The third-order valence-electron chi connectivity index (χ3n) is 2.31. The van der Waals surface area contributed by atoms with Crippen molar-refractivity contribution in [1.82, 2.24) is 10.6 Å². The van der Waals surface area contributed by atoms with Gasteiger partial charge in [0.25, 0.3) is 0 Å². The van der Waals surface area contributed by atoms with Crippen LogP contribution in [0, 0.1) is 0 Å². The van der Waals surface area contributed by atoms with Crippen LogP contribution in [0.5, 0.6) is 0 Å². The summed E-state index contributed by atoms with van der Waals surface area (Å²) >= 11 is 0. The maximum absolute atomic E-state index is 11.8. The van der Waals surface area contributed by atoms with Crippen LogP contribution in [-0.2, 0) is 4.79 Å². The number of alkyl halides is 3. The lowest BCUT2D eigenvalue weighted by atomic mass is 10.1. The summed E-state index contributed by atoms with van der Waals surface area (Å²) in [4.78, 5) is 11.1. The number of rotatable bonds is 4. The summed E-state index contributed by atoms with van der Waals surface area (Å²) in [6, 6.07) is 0. The highest BCUT2D eigenvalue weighted by molar-refractivity contribution is 5.85. The highest BCUT2D eigenvalue weighted by Crippen LogP contribution is 2.20. The SMILES string of the molecule is Cl.O=C(CCC(F)(F)F)NCC1=CCNCC1. The lowest BCUT2D eigenvalue weighted by Crippen LogP contribution is -2.30. The predicted octanol–water partition coefficient (Wildman–Crippen LogP) is 1.79. The van der Waals surface area contributed by atoms with Crippen molar-refractivity contribution in [2.75, 3.05) is 19.6 Å². The Morgan fingerprint density at radius 3 is 2.71 bits per heavy atom. The molecule has 100 valence electrons. The van der Waals surface area contributed by atoms with Crippen molar-refractivity contribution in [3.05, 3.63) is 11.6 Å². The van der Waals surface area contributed by atoms with Crippen molar-refractivity contribution in [3.8, 4) is 0 Å². The average Bonchev–Trinajstić information content (AvgIpc) is 2.24. The van der Waals surface area contributed by atoms with Gasteiger partial charge in [-0.3, -0.25) is 4.79 Å². The van der Waals surface area contributed by atoms with Crippen LogP contribution in [0.15, 0.2) is 11.6 Å². The van der Waals surface area contributed by atoms with E-state index in [2.05, 4.69) is 10.6 Å². The zero-order valence-corrected chi connectivity index (χ0v) is 10.1. The molecule has 0 spiro atoms. The van der Waals surface area contributed by atoms with Gasteiger partial charge in [0, 0.05) is 19.5 Å².